The summed E-state index contributed by atoms with van der Waals surface area (Å²) in [4.78, 5) is 16.0. The quantitative estimate of drug-likeness (QED) is 0.277. The lowest BCUT2D eigenvalue weighted by Gasteiger charge is -2.27. The smallest absolute Gasteiger partial charge is 0.229 e. The number of pyridine rings is 1. The minimum atomic E-state index is -3.53. The van der Waals surface area contributed by atoms with Crippen LogP contribution in [-0.4, -0.2) is 56.0 Å². The first-order chi connectivity index (χ1) is 18.5. The molecule has 3 aromatic rings. The Bertz CT molecular complexity index is 1470. The van der Waals surface area contributed by atoms with E-state index in [0.717, 1.165) is 45.8 Å². The Morgan fingerprint density at radius 2 is 1.95 bits per heavy atom. The molecule has 2 aromatic heterocycles. The van der Waals surface area contributed by atoms with Gasteiger partial charge in [0.1, 0.15) is 30.7 Å². The molecule has 210 valence electrons. The lowest BCUT2D eigenvalue weighted by Crippen LogP contribution is -2.29. The molecule has 12 heteroatoms. The number of nitrogens with zero attached hydrogens (tertiary/aromatic N) is 4. The molecule has 39 heavy (non-hydrogen) atoms. The van der Waals surface area contributed by atoms with E-state index in [1.54, 1.807) is 12.3 Å². The van der Waals surface area contributed by atoms with Crippen molar-refractivity contribution in [2.24, 2.45) is 0 Å². The molecular weight excluding hydrogens is 543 g/mol. The molecule has 0 amide bonds. The zero-order valence-electron chi connectivity index (χ0n) is 22.8. The van der Waals surface area contributed by atoms with Crippen molar-refractivity contribution >= 4 is 33.1 Å². The number of rotatable bonds is 9. The van der Waals surface area contributed by atoms with Gasteiger partial charge in [-0.1, -0.05) is 25.4 Å². The summed E-state index contributed by atoms with van der Waals surface area (Å²) in [6.45, 7) is 10.0. The molecule has 1 aromatic carbocycles. The number of anilines is 2. The molecule has 4 rings (SSSR count). The van der Waals surface area contributed by atoms with Crippen LogP contribution < -0.4 is 19.7 Å². The van der Waals surface area contributed by atoms with Crippen molar-refractivity contribution in [3.63, 3.8) is 0 Å². The molecule has 0 atom stereocenters. The van der Waals surface area contributed by atoms with Crippen LogP contribution in [0.4, 0.5) is 15.9 Å². The SMILES string of the molecule is Cc1cc(-c2cnc(Cl)c(NS(C)(=O)=O)c2)cc2c1OCCN(c1nc(CNCCF)nc(C)c1C(C)C)C2. The third kappa shape index (κ3) is 6.95. The first-order valence-electron chi connectivity index (χ1n) is 12.8. The van der Waals surface area contributed by atoms with Gasteiger partial charge in [0.15, 0.2) is 5.15 Å². The Morgan fingerprint density at radius 1 is 1.18 bits per heavy atom. The molecular formula is C27H34ClFN6O3S. The van der Waals surface area contributed by atoms with E-state index in [-0.39, 0.29) is 23.3 Å². The third-order valence-corrected chi connectivity index (χ3v) is 7.27. The Balaban J connectivity index is 1.74. The van der Waals surface area contributed by atoms with Crippen molar-refractivity contribution in [1.82, 2.24) is 20.3 Å². The topological polar surface area (TPSA) is 109 Å². The lowest BCUT2D eigenvalue weighted by atomic mass is 9.99. The number of aryl methyl sites for hydroxylation is 2. The second-order valence-corrected chi connectivity index (χ2v) is 12.1. The van der Waals surface area contributed by atoms with Crippen molar-refractivity contribution in [3.8, 4) is 16.9 Å². The standard InChI is InChI=1S/C27H34ClFN6O3S/c1-16(2)24-18(4)32-23(14-30-7-6-29)33-27(24)35-8-9-38-25-17(3)10-19(11-21(25)15-35)20-12-22(26(28)31-13-20)34-39(5,36)37/h10-13,16,30,34H,6-9,14-15H2,1-5H3. The number of alkyl halides is 1. The van der Waals surface area contributed by atoms with Crippen LogP contribution in [-0.2, 0) is 23.1 Å². The lowest BCUT2D eigenvalue weighted by molar-refractivity contribution is 0.329. The van der Waals surface area contributed by atoms with Crippen molar-refractivity contribution in [1.29, 1.82) is 0 Å². The number of ether oxygens (including phenoxy) is 1. The van der Waals surface area contributed by atoms with Gasteiger partial charge in [-0.2, -0.15) is 0 Å². The predicted octanol–water partition coefficient (Wildman–Crippen LogP) is 4.76. The second-order valence-electron chi connectivity index (χ2n) is 9.97. The number of hydrogen-bond acceptors (Lipinski definition) is 8. The number of sulfonamides is 1. The molecule has 0 radical (unpaired) electrons. The molecule has 0 aliphatic carbocycles. The summed E-state index contributed by atoms with van der Waals surface area (Å²) in [6, 6.07) is 5.70. The van der Waals surface area contributed by atoms with E-state index in [1.807, 2.05) is 26.0 Å². The summed E-state index contributed by atoms with van der Waals surface area (Å²) >= 11 is 6.15. The largest absolute Gasteiger partial charge is 0.491 e. The van der Waals surface area contributed by atoms with Crippen LogP contribution in [0.2, 0.25) is 5.15 Å². The summed E-state index contributed by atoms with van der Waals surface area (Å²) in [5.41, 5.74) is 5.69. The Morgan fingerprint density at radius 3 is 2.64 bits per heavy atom. The first-order valence-corrected chi connectivity index (χ1v) is 15.0. The van der Waals surface area contributed by atoms with Gasteiger partial charge < -0.3 is 15.0 Å². The average molecular weight is 577 g/mol. The van der Waals surface area contributed by atoms with Gasteiger partial charge in [-0.05, 0) is 49.1 Å². The molecule has 0 bridgehead atoms. The second kappa shape index (κ2) is 12.0. The van der Waals surface area contributed by atoms with Gasteiger partial charge in [-0.3, -0.25) is 4.72 Å². The number of benzene rings is 1. The van der Waals surface area contributed by atoms with Crippen LogP contribution in [0.25, 0.3) is 11.1 Å². The molecule has 2 N–H and O–H groups in total. The van der Waals surface area contributed by atoms with E-state index >= 15 is 0 Å². The van der Waals surface area contributed by atoms with E-state index in [9.17, 15) is 12.8 Å². The highest BCUT2D eigenvalue weighted by Gasteiger charge is 2.25. The fourth-order valence-corrected chi connectivity index (χ4v) is 5.59. The van der Waals surface area contributed by atoms with E-state index in [4.69, 9.17) is 21.3 Å². The molecule has 0 saturated carbocycles. The fourth-order valence-electron chi connectivity index (χ4n) is 4.82. The highest BCUT2D eigenvalue weighted by molar-refractivity contribution is 7.92. The fraction of sp³-hybridized carbons (Fsp3) is 0.444. The van der Waals surface area contributed by atoms with Gasteiger partial charge in [0.25, 0.3) is 0 Å². The number of hydrogen-bond donors (Lipinski definition) is 2. The van der Waals surface area contributed by atoms with Gasteiger partial charge in [-0.25, -0.2) is 27.8 Å². The molecule has 0 spiro atoms. The van der Waals surface area contributed by atoms with Gasteiger partial charge in [0, 0.05) is 41.7 Å². The molecule has 0 unspecified atom stereocenters. The number of aromatic nitrogens is 3. The zero-order valence-corrected chi connectivity index (χ0v) is 24.4. The van der Waals surface area contributed by atoms with E-state index in [0.29, 0.717) is 37.6 Å². The van der Waals surface area contributed by atoms with Crippen molar-refractivity contribution in [2.75, 3.05) is 42.2 Å². The maximum atomic E-state index is 12.6. The van der Waals surface area contributed by atoms with Crippen molar-refractivity contribution < 1.29 is 17.5 Å². The highest BCUT2D eigenvalue weighted by atomic mass is 35.5. The van der Waals surface area contributed by atoms with Crippen LogP contribution in [0.15, 0.2) is 24.4 Å². The maximum absolute atomic E-state index is 12.6. The van der Waals surface area contributed by atoms with Gasteiger partial charge in [-0.15, -0.1) is 0 Å². The predicted molar refractivity (Wildman–Crippen MR) is 153 cm³/mol. The zero-order chi connectivity index (χ0) is 28.3. The van der Waals surface area contributed by atoms with Crippen LogP contribution in [0.3, 0.4) is 0 Å². The minimum Gasteiger partial charge on any atom is -0.491 e. The van der Waals surface area contributed by atoms with Crippen LogP contribution in [0.1, 0.15) is 48.0 Å². The molecule has 1 aliphatic heterocycles. The number of halogens is 2. The van der Waals surface area contributed by atoms with Crippen molar-refractivity contribution in [2.45, 2.75) is 46.7 Å². The molecule has 0 saturated heterocycles. The summed E-state index contributed by atoms with van der Waals surface area (Å²) < 4.78 is 44.9. The summed E-state index contributed by atoms with van der Waals surface area (Å²) in [5, 5.41) is 3.11. The minimum absolute atomic E-state index is 0.0716. The molecule has 3 heterocycles. The van der Waals surface area contributed by atoms with Crippen LogP contribution in [0, 0.1) is 13.8 Å². The van der Waals surface area contributed by atoms with E-state index < -0.39 is 16.7 Å². The average Bonchev–Trinajstić information content (AvgIpc) is 3.07. The van der Waals surface area contributed by atoms with Gasteiger partial charge in [0.2, 0.25) is 10.0 Å². The summed E-state index contributed by atoms with van der Waals surface area (Å²) in [7, 11) is -3.53. The Kier molecular flexibility index (Phi) is 8.93. The number of fused-ring (bicyclic) bond motifs is 1. The van der Waals surface area contributed by atoms with Gasteiger partial charge >= 0.3 is 0 Å². The maximum Gasteiger partial charge on any atom is 0.229 e. The molecule has 0 fully saturated rings. The molecule has 1 aliphatic rings. The van der Waals surface area contributed by atoms with E-state index in [1.165, 1.54) is 0 Å². The highest BCUT2D eigenvalue weighted by Crippen LogP contribution is 2.37. The van der Waals surface area contributed by atoms with Gasteiger partial charge in [0.05, 0.1) is 25.0 Å². The number of nitrogens with one attached hydrogen (secondary N) is 2. The normalized spacial score (nSPS) is 13.7. The summed E-state index contributed by atoms with van der Waals surface area (Å²) in [5.74, 6) is 2.49. The third-order valence-electron chi connectivity index (χ3n) is 6.38. The summed E-state index contributed by atoms with van der Waals surface area (Å²) in [6.07, 6.45) is 2.69. The van der Waals surface area contributed by atoms with E-state index in [2.05, 4.69) is 38.8 Å². The Labute approximate surface area is 234 Å². The van der Waals surface area contributed by atoms with Crippen molar-refractivity contribution in [3.05, 3.63) is 57.8 Å². The molecule has 9 nitrogen and oxygen atoms in total. The monoisotopic (exact) mass is 576 g/mol. The Hall–Kier alpha value is -3.02. The van der Waals surface area contributed by atoms with Crippen LogP contribution >= 0.6 is 11.6 Å². The first kappa shape index (κ1) is 29.0. The van der Waals surface area contributed by atoms with Crippen LogP contribution in [0.5, 0.6) is 5.75 Å².